The average Bonchev–Trinajstić information content (AvgIpc) is 2.32. The van der Waals surface area contributed by atoms with Crippen LogP contribution in [0.2, 0.25) is 0 Å². The first-order chi connectivity index (χ1) is 8.56. The van der Waals surface area contributed by atoms with Crippen LogP contribution in [0, 0.1) is 5.82 Å². The van der Waals surface area contributed by atoms with Gasteiger partial charge in [-0.1, -0.05) is 22.0 Å². The summed E-state index contributed by atoms with van der Waals surface area (Å²) in [7, 11) is 1.99. The molecule has 5 heteroatoms. The second-order valence-corrected chi connectivity index (χ2v) is 5.59. The fourth-order valence-corrected chi connectivity index (χ4v) is 2.42. The molecule has 2 unspecified atom stereocenters. The van der Waals surface area contributed by atoms with Crippen LogP contribution in [-0.4, -0.2) is 49.0 Å². The van der Waals surface area contributed by atoms with Gasteiger partial charge in [-0.2, -0.15) is 0 Å². The van der Waals surface area contributed by atoms with Crippen LogP contribution in [0.5, 0.6) is 0 Å². The number of benzene rings is 1. The number of hydrogen-bond donors (Lipinski definition) is 1. The van der Waals surface area contributed by atoms with E-state index in [0.29, 0.717) is 23.2 Å². The van der Waals surface area contributed by atoms with Crippen molar-refractivity contribution in [1.82, 2.24) is 4.90 Å². The molecule has 0 amide bonds. The molecular weight excluding hydrogens is 301 g/mol. The summed E-state index contributed by atoms with van der Waals surface area (Å²) in [6.45, 7) is 2.16. The van der Waals surface area contributed by atoms with Crippen LogP contribution in [0.1, 0.15) is 5.56 Å². The number of halogens is 2. The maximum Gasteiger partial charge on any atom is 0.127 e. The van der Waals surface area contributed by atoms with Gasteiger partial charge in [0.25, 0.3) is 0 Å². The number of nitrogens with zero attached hydrogens (tertiary/aromatic N) is 1. The largest absolute Gasteiger partial charge is 0.390 e. The first-order valence-corrected chi connectivity index (χ1v) is 6.77. The Kier molecular flexibility index (Phi) is 4.72. The summed E-state index contributed by atoms with van der Waals surface area (Å²) in [6, 6.07) is 4.88. The summed E-state index contributed by atoms with van der Waals surface area (Å²) >= 11 is 3.21. The Morgan fingerprint density at radius 3 is 3.06 bits per heavy atom. The first-order valence-electron chi connectivity index (χ1n) is 5.98. The fourth-order valence-electron chi connectivity index (χ4n) is 2.09. The molecule has 1 fully saturated rings. The maximum atomic E-state index is 13.7. The number of rotatable bonds is 3. The van der Waals surface area contributed by atoms with Crippen LogP contribution in [0.3, 0.4) is 0 Å². The van der Waals surface area contributed by atoms with E-state index in [-0.39, 0.29) is 18.3 Å². The fraction of sp³-hybridized carbons (Fsp3) is 0.538. The topological polar surface area (TPSA) is 32.7 Å². The average molecular weight is 318 g/mol. The van der Waals surface area contributed by atoms with Gasteiger partial charge in [0.05, 0.1) is 18.8 Å². The van der Waals surface area contributed by atoms with Crippen molar-refractivity contribution in [2.75, 3.05) is 26.7 Å². The molecule has 1 saturated heterocycles. The van der Waals surface area contributed by atoms with E-state index in [1.165, 1.54) is 6.07 Å². The van der Waals surface area contributed by atoms with Gasteiger partial charge in [0.15, 0.2) is 0 Å². The van der Waals surface area contributed by atoms with Crippen molar-refractivity contribution >= 4 is 15.9 Å². The standard InChI is InChI=1S/C13H17BrFNO2/c1-16-4-5-18-13(8-16)12(17)6-9-2-3-10(14)7-11(9)15/h2-3,7,12-13,17H,4-6,8H2,1H3. The quantitative estimate of drug-likeness (QED) is 0.923. The van der Waals surface area contributed by atoms with E-state index >= 15 is 0 Å². The van der Waals surface area contributed by atoms with Crippen LogP contribution in [0.25, 0.3) is 0 Å². The predicted octanol–water partition coefficient (Wildman–Crippen LogP) is 1.82. The summed E-state index contributed by atoms with van der Waals surface area (Å²) in [6.07, 6.45) is -0.646. The van der Waals surface area contributed by atoms with E-state index in [0.717, 1.165) is 6.54 Å². The molecule has 0 aromatic heterocycles. The molecule has 0 aliphatic carbocycles. The summed E-state index contributed by atoms with van der Waals surface area (Å²) in [5, 5.41) is 10.1. The third-order valence-electron chi connectivity index (χ3n) is 3.17. The molecule has 0 spiro atoms. The molecule has 0 bridgehead atoms. The molecular formula is C13H17BrFNO2. The summed E-state index contributed by atoms with van der Waals surface area (Å²) < 4.78 is 19.9. The Morgan fingerprint density at radius 1 is 1.61 bits per heavy atom. The van der Waals surface area contributed by atoms with Crippen molar-refractivity contribution < 1.29 is 14.2 Å². The minimum Gasteiger partial charge on any atom is -0.390 e. The maximum absolute atomic E-state index is 13.7. The van der Waals surface area contributed by atoms with Gasteiger partial charge in [0.2, 0.25) is 0 Å². The highest BCUT2D eigenvalue weighted by atomic mass is 79.9. The third-order valence-corrected chi connectivity index (χ3v) is 3.66. The van der Waals surface area contributed by atoms with Crippen LogP contribution < -0.4 is 0 Å². The van der Waals surface area contributed by atoms with Crippen molar-refractivity contribution in [2.45, 2.75) is 18.6 Å². The van der Waals surface area contributed by atoms with E-state index in [9.17, 15) is 9.50 Å². The number of aliphatic hydroxyl groups is 1. The van der Waals surface area contributed by atoms with Crippen LogP contribution in [0.15, 0.2) is 22.7 Å². The molecule has 1 heterocycles. The van der Waals surface area contributed by atoms with Crippen molar-refractivity contribution in [1.29, 1.82) is 0 Å². The monoisotopic (exact) mass is 317 g/mol. The van der Waals surface area contributed by atoms with Gasteiger partial charge in [0, 0.05) is 24.0 Å². The molecule has 2 atom stereocenters. The van der Waals surface area contributed by atoms with E-state index in [2.05, 4.69) is 20.8 Å². The van der Waals surface area contributed by atoms with Crippen molar-refractivity contribution in [3.8, 4) is 0 Å². The zero-order valence-corrected chi connectivity index (χ0v) is 11.9. The van der Waals surface area contributed by atoms with Crippen molar-refractivity contribution in [2.24, 2.45) is 0 Å². The molecule has 0 radical (unpaired) electrons. The highest BCUT2D eigenvalue weighted by molar-refractivity contribution is 9.10. The molecule has 100 valence electrons. The summed E-state index contributed by atoms with van der Waals surface area (Å²) in [5.74, 6) is -0.299. The minimum absolute atomic E-state index is 0.244. The lowest BCUT2D eigenvalue weighted by molar-refractivity contribution is -0.0825. The zero-order chi connectivity index (χ0) is 13.1. The Balaban J connectivity index is 1.99. The lowest BCUT2D eigenvalue weighted by Crippen LogP contribution is -2.46. The van der Waals surface area contributed by atoms with Gasteiger partial charge >= 0.3 is 0 Å². The lowest BCUT2D eigenvalue weighted by Gasteiger charge is -2.33. The van der Waals surface area contributed by atoms with E-state index in [1.54, 1.807) is 12.1 Å². The van der Waals surface area contributed by atoms with E-state index in [4.69, 9.17) is 4.74 Å². The lowest BCUT2D eigenvalue weighted by atomic mass is 10.0. The van der Waals surface area contributed by atoms with Gasteiger partial charge < -0.3 is 14.7 Å². The number of hydrogen-bond acceptors (Lipinski definition) is 3. The van der Waals surface area contributed by atoms with Gasteiger partial charge in [-0.25, -0.2) is 4.39 Å². The van der Waals surface area contributed by atoms with Crippen molar-refractivity contribution in [3.05, 3.63) is 34.1 Å². The highest BCUT2D eigenvalue weighted by Crippen LogP contribution is 2.18. The zero-order valence-electron chi connectivity index (χ0n) is 10.3. The summed E-state index contributed by atoms with van der Waals surface area (Å²) in [4.78, 5) is 2.11. The molecule has 1 N–H and O–H groups in total. The van der Waals surface area contributed by atoms with E-state index < -0.39 is 6.10 Å². The number of morpholine rings is 1. The van der Waals surface area contributed by atoms with Gasteiger partial charge in [0.1, 0.15) is 5.82 Å². The molecule has 1 aromatic rings. The normalized spacial score (nSPS) is 23.0. The molecule has 1 aliphatic rings. The van der Waals surface area contributed by atoms with Crippen LogP contribution in [-0.2, 0) is 11.2 Å². The Morgan fingerprint density at radius 2 is 2.39 bits per heavy atom. The molecule has 0 saturated carbocycles. The Bertz CT molecular complexity index is 416. The smallest absolute Gasteiger partial charge is 0.127 e. The van der Waals surface area contributed by atoms with Gasteiger partial charge in [-0.3, -0.25) is 0 Å². The summed E-state index contributed by atoms with van der Waals surface area (Å²) in [5.41, 5.74) is 0.516. The van der Waals surface area contributed by atoms with E-state index in [1.807, 2.05) is 7.05 Å². The number of likely N-dealkylation sites (N-methyl/N-ethyl adjacent to an activating group) is 1. The molecule has 18 heavy (non-hydrogen) atoms. The van der Waals surface area contributed by atoms with Crippen molar-refractivity contribution in [3.63, 3.8) is 0 Å². The third kappa shape index (κ3) is 3.51. The number of ether oxygens (including phenoxy) is 1. The highest BCUT2D eigenvalue weighted by Gasteiger charge is 2.25. The van der Waals surface area contributed by atoms with Gasteiger partial charge in [-0.15, -0.1) is 0 Å². The SMILES string of the molecule is CN1CCOC(C(O)Cc2ccc(Br)cc2F)C1. The second kappa shape index (κ2) is 6.10. The molecule has 3 nitrogen and oxygen atoms in total. The minimum atomic E-state index is -0.677. The van der Waals surface area contributed by atoms with Gasteiger partial charge in [-0.05, 0) is 24.7 Å². The number of aliphatic hydroxyl groups excluding tert-OH is 1. The van der Waals surface area contributed by atoms with Crippen LogP contribution >= 0.6 is 15.9 Å². The molecule has 1 aliphatic heterocycles. The predicted molar refractivity (Wildman–Crippen MR) is 71.0 cm³/mol. The first kappa shape index (κ1) is 13.9. The Hall–Kier alpha value is -0.490. The second-order valence-electron chi connectivity index (χ2n) is 4.68. The Labute approximate surface area is 115 Å². The molecule has 1 aromatic carbocycles. The van der Waals surface area contributed by atoms with Crippen LogP contribution in [0.4, 0.5) is 4.39 Å². The molecule has 2 rings (SSSR count).